The number of carbonyl (C=O) groups excluding carboxylic acids is 2. The molecule has 36 heavy (non-hydrogen) atoms. The highest BCUT2D eigenvalue weighted by atomic mass is 127. The van der Waals surface area contributed by atoms with Gasteiger partial charge in [-0.1, -0.05) is 191 Å². The van der Waals surface area contributed by atoms with E-state index in [1.54, 1.807) is 0 Å². The average Bonchev–Trinajstić information content (AvgIpc) is 2.87. The smallest absolute Gasteiger partial charge is 0.326 e. The molecule has 0 rings (SSSR count). The molecule has 0 aromatic heterocycles. The highest BCUT2D eigenvalue weighted by Crippen LogP contribution is 2.17. The van der Waals surface area contributed by atoms with Crippen LogP contribution in [-0.2, 0) is 14.3 Å². The molecule has 1 unspecified atom stereocenters. The zero-order valence-corrected chi connectivity index (χ0v) is 26.4. The normalized spacial score (nSPS) is 12.1. The molecular formula is C32H61IO3. The van der Waals surface area contributed by atoms with Crippen LogP contribution in [0.15, 0.2) is 0 Å². The molecule has 0 aromatic rings. The molecule has 0 fully saturated rings. The number of alkyl halides is 1. The van der Waals surface area contributed by atoms with Gasteiger partial charge in [-0.15, -0.1) is 0 Å². The fraction of sp³-hybridized carbons (Fsp3) is 0.938. The maximum Gasteiger partial charge on any atom is 0.326 e. The molecular weight excluding hydrogens is 559 g/mol. The van der Waals surface area contributed by atoms with Crippen LogP contribution in [-0.4, -0.2) is 15.9 Å². The highest BCUT2D eigenvalue weighted by molar-refractivity contribution is 14.1. The Morgan fingerprint density at radius 1 is 0.500 bits per heavy atom. The van der Waals surface area contributed by atoms with Gasteiger partial charge in [0.1, 0.15) is 3.92 Å². The topological polar surface area (TPSA) is 43.4 Å². The number of carbonyl (C=O) groups is 2. The van der Waals surface area contributed by atoms with Crippen LogP contribution < -0.4 is 0 Å². The van der Waals surface area contributed by atoms with Crippen LogP contribution in [0.25, 0.3) is 0 Å². The van der Waals surface area contributed by atoms with Gasteiger partial charge in [0.25, 0.3) is 0 Å². The Hall–Kier alpha value is -0.130. The zero-order chi connectivity index (χ0) is 26.5. The van der Waals surface area contributed by atoms with Crippen molar-refractivity contribution in [3.63, 3.8) is 0 Å². The van der Waals surface area contributed by atoms with Crippen LogP contribution in [0.2, 0.25) is 0 Å². The van der Waals surface area contributed by atoms with Gasteiger partial charge in [-0.2, -0.15) is 0 Å². The lowest BCUT2D eigenvalue weighted by Gasteiger charge is -2.09. The van der Waals surface area contributed by atoms with Gasteiger partial charge in [-0.3, -0.25) is 9.59 Å². The van der Waals surface area contributed by atoms with E-state index >= 15 is 0 Å². The lowest BCUT2D eigenvalue weighted by molar-refractivity contribution is -0.159. The van der Waals surface area contributed by atoms with Gasteiger partial charge in [0.2, 0.25) is 0 Å². The maximum atomic E-state index is 12.2. The first-order chi connectivity index (χ1) is 17.6. The SMILES string of the molecule is CCCCCCCCCCCCCCCC(=O)OC(=O)C(I)CCCCCCCCCCCCCC. The van der Waals surface area contributed by atoms with Crippen molar-refractivity contribution < 1.29 is 14.3 Å². The Balaban J connectivity index is 3.43. The molecule has 4 heteroatoms. The number of halogens is 1. The van der Waals surface area contributed by atoms with Crippen molar-refractivity contribution in [2.45, 2.75) is 191 Å². The van der Waals surface area contributed by atoms with E-state index in [-0.39, 0.29) is 15.9 Å². The van der Waals surface area contributed by atoms with Crippen molar-refractivity contribution in [2.24, 2.45) is 0 Å². The molecule has 0 saturated heterocycles. The van der Waals surface area contributed by atoms with Crippen LogP contribution in [0.1, 0.15) is 187 Å². The number of esters is 2. The molecule has 0 aliphatic heterocycles. The van der Waals surface area contributed by atoms with Gasteiger partial charge in [0.05, 0.1) is 0 Å². The Morgan fingerprint density at radius 3 is 1.17 bits per heavy atom. The van der Waals surface area contributed by atoms with E-state index in [0.29, 0.717) is 6.42 Å². The summed E-state index contributed by atoms with van der Waals surface area (Å²) in [5.74, 6) is -0.669. The molecule has 0 amide bonds. The Kier molecular flexibility index (Phi) is 29.3. The third-order valence-electron chi connectivity index (χ3n) is 7.27. The van der Waals surface area contributed by atoms with E-state index < -0.39 is 0 Å². The van der Waals surface area contributed by atoms with E-state index in [1.807, 2.05) is 0 Å². The van der Waals surface area contributed by atoms with Gasteiger partial charge >= 0.3 is 11.9 Å². The van der Waals surface area contributed by atoms with Gasteiger partial charge in [-0.25, -0.2) is 0 Å². The average molecular weight is 621 g/mol. The van der Waals surface area contributed by atoms with Gasteiger partial charge in [0, 0.05) is 6.42 Å². The summed E-state index contributed by atoms with van der Waals surface area (Å²) < 4.78 is 4.90. The van der Waals surface area contributed by atoms with E-state index in [1.165, 1.54) is 141 Å². The van der Waals surface area contributed by atoms with Crippen LogP contribution in [0, 0.1) is 0 Å². The van der Waals surface area contributed by atoms with Crippen LogP contribution in [0.4, 0.5) is 0 Å². The lowest BCUT2D eigenvalue weighted by atomic mass is 10.0. The minimum absolute atomic E-state index is 0.193. The van der Waals surface area contributed by atoms with Gasteiger partial charge in [-0.05, 0) is 12.8 Å². The number of hydrogen-bond acceptors (Lipinski definition) is 3. The van der Waals surface area contributed by atoms with E-state index in [9.17, 15) is 9.59 Å². The molecule has 0 heterocycles. The Bertz CT molecular complexity index is 480. The highest BCUT2D eigenvalue weighted by Gasteiger charge is 2.19. The molecule has 1 atom stereocenters. The largest absolute Gasteiger partial charge is 0.392 e. The molecule has 0 bridgehead atoms. The van der Waals surface area contributed by atoms with Crippen molar-refractivity contribution in [2.75, 3.05) is 0 Å². The standard InChI is InChI=1S/C32H61IO3/c1-3-5-7-9-11-13-15-17-19-21-23-25-27-29-31(34)36-32(35)30(33)28-26-24-22-20-18-16-14-12-10-8-6-4-2/h30H,3-29H2,1-2H3. The number of hydrogen-bond donors (Lipinski definition) is 0. The predicted molar refractivity (Wildman–Crippen MR) is 165 cm³/mol. The molecule has 0 aromatic carbocycles. The fourth-order valence-corrected chi connectivity index (χ4v) is 5.36. The summed E-state index contributed by atoms with van der Waals surface area (Å²) in [4.78, 5) is 24.2. The summed E-state index contributed by atoms with van der Waals surface area (Å²) in [6.07, 6.45) is 33.7. The third-order valence-corrected chi connectivity index (χ3v) is 8.40. The molecule has 0 aliphatic rings. The van der Waals surface area contributed by atoms with Crippen molar-refractivity contribution in [3.05, 3.63) is 0 Å². The molecule has 3 nitrogen and oxygen atoms in total. The van der Waals surface area contributed by atoms with Crippen LogP contribution in [0.5, 0.6) is 0 Å². The van der Waals surface area contributed by atoms with E-state index in [2.05, 4.69) is 36.4 Å². The maximum absolute atomic E-state index is 12.2. The minimum atomic E-state index is -0.335. The van der Waals surface area contributed by atoms with Crippen molar-refractivity contribution in [1.29, 1.82) is 0 Å². The Morgan fingerprint density at radius 2 is 0.806 bits per heavy atom. The monoisotopic (exact) mass is 620 g/mol. The summed E-state index contributed by atoms with van der Waals surface area (Å²) >= 11 is 2.14. The minimum Gasteiger partial charge on any atom is -0.392 e. The quantitative estimate of drug-likeness (QED) is 0.0287. The summed E-state index contributed by atoms with van der Waals surface area (Å²) in [6.45, 7) is 4.54. The molecule has 214 valence electrons. The zero-order valence-electron chi connectivity index (χ0n) is 24.3. The lowest BCUT2D eigenvalue weighted by Crippen LogP contribution is -2.21. The van der Waals surface area contributed by atoms with E-state index in [0.717, 1.165) is 25.7 Å². The third kappa shape index (κ3) is 26.9. The second kappa shape index (κ2) is 29.4. The summed E-state index contributed by atoms with van der Waals surface area (Å²) in [7, 11) is 0. The fourth-order valence-electron chi connectivity index (χ4n) is 4.80. The molecule has 0 aliphatic carbocycles. The first-order valence-electron chi connectivity index (χ1n) is 16.0. The summed E-state index contributed by atoms with van der Waals surface area (Å²) in [5, 5.41) is 0. The Labute approximate surface area is 239 Å². The van der Waals surface area contributed by atoms with Crippen molar-refractivity contribution in [3.8, 4) is 0 Å². The predicted octanol–water partition coefficient (Wildman–Crippen LogP) is 11.4. The second-order valence-corrected chi connectivity index (χ2v) is 12.4. The number of unbranched alkanes of at least 4 members (excludes halogenated alkanes) is 23. The molecule has 0 N–H and O–H groups in total. The van der Waals surface area contributed by atoms with Gasteiger partial charge in [0.15, 0.2) is 0 Å². The molecule has 0 spiro atoms. The first-order valence-corrected chi connectivity index (χ1v) is 17.2. The van der Waals surface area contributed by atoms with Crippen molar-refractivity contribution in [1.82, 2.24) is 0 Å². The van der Waals surface area contributed by atoms with Gasteiger partial charge < -0.3 is 4.74 Å². The second-order valence-electron chi connectivity index (χ2n) is 10.9. The van der Waals surface area contributed by atoms with Crippen LogP contribution in [0.3, 0.4) is 0 Å². The van der Waals surface area contributed by atoms with Crippen LogP contribution >= 0.6 is 22.6 Å². The van der Waals surface area contributed by atoms with E-state index in [4.69, 9.17) is 4.74 Å². The number of ether oxygens (including phenoxy) is 1. The summed E-state index contributed by atoms with van der Waals surface area (Å²) in [6, 6.07) is 0. The molecule has 0 radical (unpaired) electrons. The molecule has 0 saturated carbocycles. The number of rotatable bonds is 28. The van der Waals surface area contributed by atoms with Crippen molar-refractivity contribution >= 4 is 34.5 Å². The first kappa shape index (κ1) is 35.9. The summed E-state index contributed by atoms with van der Waals surface area (Å²) in [5.41, 5.74) is 0.